The average molecular weight is 251 g/mol. The fourth-order valence-electron chi connectivity index (χ4n) is 2.18. The maximum absolute atomic E-state index is 9.49. The number of oxime groups is 1. The van der Waals surface area contributed by atoms with E-state index in [9.17, 15) is 10.2 Å². The van der Waals surface area contributed by atoms with Crippen molar-refractivity contribution >= 4 is 5.84 Å². The van der Waals surface area contributed by atoms with Crippen molar-refractivity contribution in [1.29, 1.82) is 0 Å². The van der Waals surface area contributed by atoms with Crippen LogP contribution in [0.4, 0.5) is 0 Å². The van der Waals surface area contributed by atoms with E-state index in [1.54, 1.807) is 6.07 Å². The number of β-amino-alcohol motifs (C(OH)–C–C–N with tert-alkyl or cyclic N) is 2. The van der Waals surface area contributed by atoms with Gasteiger partial charge in [-0.15, -0.1) is 0 Å². The van der Waals surface area contributed by atoms with Gasteiger partial charge in [0.25, 0.3) is 0 Å². The van der Waals surface area contributed by atoms with Gasteiger partial charge in [0, 0.05) is 25.2 Å². The zero-order valence-electron chi connectivity index (χ0n) is 9.90. The summed E-state index contributed by atoms with van der Waals surface area (Å²) in [4.78, 5) is 1.93. The fraction of sp³-hybridized carbons (Fsp3) is 0.417. The minimum atomic E-state index is -0.707. The zero-order chi connectivity index (χ0) is 13.1. The van der Waals surface area contributed by atoms with Crippen LogP contribution in [-0.2, 0) is 6.54 Å². The van der Waals surface area contributed by atoms with Crippen molar-refractivity contribution in [2.75, 3.05) is 13.1 Å². The molecule has 0 amide bonds. The summed E-state index contributed by atoms with van der Waals surface area (Å²) in [6.07, 6.45) is -1.41. The van der Waals surface area contributed by atoms with Crippen molar-refractivity contribution in [3.63, 3.8) is 0 Å². The smallest absolute Gasteiger partial charge is 0.170 e. The molecule has 0 aromatic heterocycles. The topological polar surface area (TPSA) is 102 Å². The van der Waals surface area contributed by atoms with Crippen molar-refractivity contribution in [2.45, 2.75) is 18.8 Å². The number of amidine groups is 1. The van der Waals surface area contributed by atoms with Gasteiger partial charge in [0.05, 0.1) is 12.2 Å². The van der Waals surface area contributed by atoms with Gasteiger partial charge in [0.15, 0.2) is 5.84 Å². The third-order valence-corrected chi connectivity index (χ3v) is 3.13. The quantitative estimate of drug-likeness (QED) is 0.247. The highest BCUT2D eigenvalue weighted by atomic mass is 16.4. The van der Waals surface area contributed by atoms with Crippen molar-refractivity contribution < 1.29 is 15.4 Å². The van der Waals surface area contributed by atoms with Crippen molar-refractivity contribution in [2.24, 2.45) is 10.9 Å². The van der Waals surface area contributed by atoms with E-state index in [0.717, 1.165) is 5.56 Å². The summed E-state index contributed by atoms with van der Waals surface area (Å²) in [5.41, 5.74) is 7.17. The van der Waals surface area contributed by atoms with Crippen LogP contribution in [0.2, 0.25) is 0 Å². The minimum absolute atomic E-state index is 0.0610. The molecule has 1 heterocycles. The lowest BCUT2D eigenvalue weighted by molar-refractivity contribution is 0.0572. The van der Waals surface area contributed by atoms with Crippen LogP contribution in [0.3, 0.4) is 0 Å². The molecular formula is C12H17N3O3. The fourth-order valence-corrected chi connectivity index (χ4v) is 2.18. The van der Waals surface area contributed by atoms with Gasteiger partial charge in [-0.2, -0.15) is 0 Å². The Bertz CT molecular complexity index is 440. The maximum Gasteiger partial charge on any atom is 0.170 e. The lowest BCUT2D eigenvalue weighted by Crippen LogP contribution is -2.24. The van der Waals surface area contributed by atoms with Gasteiger partial charge in [0.2, 0.25) is 0 Å². The molecule has 2 rings (SSSR count). The molecule has 0 aliphatic carbocycles. The third-order valence-electron chi connectivity index (χ3n) is 3.13. The second-order valence-electron chi connectivity index (χ2n) is 4.47. The second-order valence-corrected chi connectivity index (χ2v) is 4.47. The Balaban J connectivity index is 2.15. The second kappa shape index (κ2) is 5.34. The lowest BCUT2D eigenvalue weighted by Gasteiger charge is -2.16. The van der Waals surface area contributed by atoms with E-state index in [4.69, 9.17) is 10.9 Å². The molecule has 1 aromatic rings. The summed E-state index contributed by atoms with van der Waals surface area (Å²) >= 11 is 0. The first-order chi connectivity index (χ1) is 8.61. The highest BCUT2D eigenvalue weighted by Crippen LogP contribution is 2.16. The molecule has 5 N–H and O–H groups in total. The summed E-state index contributed by atoms with van der Waals surface area (Å²) in [6.45, 7) is 1.39. The van der Waals surface area contributed by atoms with Crippen molar-refractivity contribution in [3.8, 4) is 0 Å². The van der Waals surface area contributed by atoms with Crippen molar-refractivity contribution in [1.82, 2.24) is 4.90 Å². The van der Waals surface area contributed by atoms with Gasteiger partial charge in [-0.05, 0) is 5.56 Å². The highest BCUT2D eigenvalue weighted by Gasteiger charge is 2.29. The number of hydrogen-bond acceptors (Lipinski definition) is 5. The SMILES string of the molecule is N/C(=N/O)c1ccccc1CN1CC(O)C(O)C1. The van der Waals surface area contributed by atoms with Crippen LogP contribution >= 0.6 is 0 Å². The van der Waals surface area contributed by atoms with Gasteiger partial charge in [-0.25, -0.2) is 0 Å². The molecule has 0 radical (unpaired) electrons. The van der Waals surface area contributed by atoms with Crippen LogP contribution in [-0.4, -0.2) is 51.5 Å². The minimum Gasteiger partial charge on any atom is -0.409 e. The van der Waals surface area contributed by atoms with E-state index in [0.29, 0.717) is 25.2 Å². The molecule has 0 bridgehead atoms. The molecule has 18 heavy (non-hydrogen) atoms. The van der Waals surface area contributed by atoms with E-state index in [2.05, 4.69) is 5.16 Å². The van der Waals surface area contributed by atoms with Gasteiger partial charge < -0.3 is 21.2 Å². The molecule has 98 valence electrons. The van der Waals surface area contributed by atoms with Crippen LogP contribution in [0.1, 0.15) is 11.1 Å². The first kappa shape index (κ1) is 12.8. The molecule has 1 aliphatic rings. The van der Waals surface area contributed by atoms with Crippen LogP contribution in [0.15, 0.2) is 29.4 Å². The number of aliphatic hydroxyl groups is 2. The number of rotatable bonds is 3. The summed E-state index contributed by atoms with van der Waals surface area (Å²) in [5.74, 6) is 0.0610. The van der Waals surface area contributed by atoms with Gasteiger partial charge in [0.1, 0.15) is 0 Å². The Labute approximate surface area is 105 Å². The molecule has 1 aliphatic heterocycles. The molecule has 6 heteroatoms. The summed E-state index contributed by atoms with van der Waals surface area (Å²) < 4.78 is 0. The van der Waals surface area contributed by atoms with Crippen LogP contribution < -0.4 is 5.73 Å². The Morgan fingerprint density at radius 1 is 1.28 bits per heavy atom. The first-order valence-corrected chi connectivity index (χ1v) is 5.76. The monoisotopic (exact) mass is 251 g/mol. The number of hydrogen-bond donors (Lipinski definition) is 4. The summed E-state index contributed by atoms with van der Waals surface area (Å²) in [5, 5.41) is 30.7. The largest absolute Gasteiger partial charge is 0.409 e. The molecule has 0 saturated carbocycles. The third kappa shape index (κ3) is 2.61. The number of nitrogens with zero attached hydrogens (tertiary/aromatic N) is 2. The normalized spacial score (nSPS) is 25.6. The predicted octanol–water partition coefficient (Wildman–Crippen LogP) is -0.682. The van der Waals surface area contributed by atoms with Crippen LogP contribution in [0, 0.1) is 0 Å². The molecular weight excluding hydrogens is 234 g/mol. The van der Waals surface area contributed by atoms with Crippen LogP contribution in [0.5, 0.6) is 0 Å². The number of benzene rings is 1. The van der Waals surface area contributed by atoms with Gasteiger partial charge in [-0.3, -0.25) is 4.90 Å². The standard InChI is InChI=1S/C12H17N3O3/c13-12(14-18)9-4-2-1-3-8(9)5-15-6-10(16)11(17)7-15/h1-4,10-11,16-18H,5-7H2,(H2,13,14). The Kier molecular flexibility index (Phi) is 3.81. The Hall–Kier alpha value is -1.63. The number of aliphatic hydroxyl groups excluding tert-OH is 2. The van der Waals surface area contributed by atoms with E-state index in [1.165, 1.54) is 0 Å². The van der Waals surface area contributed by atoms with E-state index >= 15 is 0 Å². The molecule has 1 saturated heterocycles. The van der Waals surface area contributed by atoms with Crippen LogP contribution in [0.25, 0.3) is 0 Å². The molecule has 2 atom stereocenters. The highest BCUT2D eigenvalue weighted by molar-refractivity contribution is 5.98. The molecule has 1 aromatic carbocycles. The van der Waals surface area contributed by atoms with Gasteiger partial charge >= 0.3 is 0 Å². The van der Waals surface area contributed by atoms with Gasteiger partial charge in [-0.1, -0.05) is 29.4 Å². The van der Waals surface area contributed by atoms with E-state index in [-0.39, 0.29) is 5.84 Å². The summed E-state index contributed by atoms with van der Waals surface area (Å²) in [7, 11) is 0. The molecule has 2 unspecified atom stereocenters. The predicted molar refractivity (Wildman–Crippen MR) is 66.2 cm³/mol. The zero-order valence-corrected chi connectivity index (χ0v) is 9.90. The Morgan fingerprint density at radius 3 is 2.50 bits per heavy atom. The lowest BCUT2D eigenvalue weighted by atomic mass is 10.1. The number of likely N-dealkylation sites (tertiary alicyclic amines) is 1. The van der Waals surface area contributed by atoms with Crippen molar-refractivity contribution in [3.05, 3.63) is 35.4 Å². The molecule has 1 fully saturated rings. The molecule has 6 nitrogen and oxygen atoms in total. The van der Waals surface area contributed by atoms with E-state index in [1.807, 2.05) is 23.1 Å². The Morgan fingerprint density at radius 2 is 1.89 bits per heavy atom. The maximum atomic E-state index is 9.49. The average Bonchev–Trinajstić information content (AvgIpc) is 2.68. The van der Waals surface area contributed by atoms with E-state index < -0.39 is 12.2 Å². The summed E-state index contributed by atoms with van der Waals surface area (Å²) in [6, 6.07) is 7.33. The molecule has 0 spiro atoms. The first-order valence-electron chi connectivity index (χ1n) is 5.76. The number of nitrogens with two attached hydrogens (primary N) is 1.